The van der Waals surface area contributed by atoms with Crippen LogP contribution in [0.3, 0.4) is 0 Å². The number of nitrogens with two attached hydrogens (primary N) is 1. The lowest BCUT2D eigenvalue weighted by atomic mass is 10.0. The van der Waals surface area contributed by atoms with E-state index < -0.39 is 41.6 Å². The Morgan fingerprint density at radius 2 is 1.64 bits per heavy atom. The van der Waals surface area contributed by atoms with Crippen molar-refractivity contribution in [3.63, 3.8) is 0 Å². The first-order valence-electron chi connectivity index (χ1n) is 12.8. The molecule has 2 atom stereocenters. The second-order valence-corrected chi connectivity index (χ2v) is 10.2. The minimum atomic E-state index is -1.02. The Hall–Kier alpha value is -4.12. The first-order chi connectivity index (χ1) is 18.4. The fourth-order valence-electron chi connectivity index (χ4n) is 3.72. The van der Waals surface area contributed by atoms with E-state index in [9.17, 15) is 24.3 Å². The minimum absolute atomic E-state index is 0.132. The Balaban J connectivity index is 2.22. The highest BCUT2D eigenvalue weighted by atomic mass is 16.6. The highest BCUT2D eigenvalue weighted by Gasteiger charge is 2.28. The molecule has 0 spiro atoms. The maximum absolute atomic E-state index is 13.4. The second kappa shape index (κ2) is 14.7. The van der Waals surface area contributed by atoms with Crippen molar-refractivity contribution < 1.29 is 29.0 Å². The highest BCUT2D eigenvalue weighted by molar-refractivity contribution is 5.98. The number of aliphatic hydroxyl groups is 1. The van der Waals surface area contributed by atoms with Crippen LogP contribution in [-0.2, 0) is 27.4 Å². The SMILES string of the molecule is Cc1cccc(C[C@H](NC(=O)OC(C)(C)C)C(=O)N[C@@H](CCCNC(N)=O)C(=O)Nc2ccc(CO)cc2)c1. The summed E-state index contributed by atoms with van der Waals surface area (Å²) >= 11 is 0. The number of alkyl carbamates (subject to hydrolysis) is 1. The maximum Gasteiger partial charge on any atom is 0.408 e. The molecule has 0 saturated heterocycles. The fourth-order valence-corrected chi connectivity index (χ4v) is 3.72. The van der Waals surface area contributed by atoms with Gasteiger partial charge in [-0.05, 0) is 63.8 Å². The van der Waals surface area contributed by atoms with E-state index in [1.165, 1.54) is 0 Å². The minimum Gasteiger partial charge on any atom is -0.444 e. The van der Waals surface area contributed by atoms with Crippen LogP contribution in [0.25, 0.3) is 0 Å². The molecule has 212 valence electrons. The molecule has 0 fully saturated rings. The molecule has 11 heteroatoms. The predicted molar refractivity (Wildman–Crippen MR) is 148 cm³/mol. The van der Waals surface area contributed by atoms with Gasteiger partial charge in [-0.25, -0.2) is 9.59 Å². The molecule has 0 radical (unpaired) electrons. The number of benzene rings is 2. The van der Waals surface area contributed by atoms with Crippen LogP contribution in [0.4, 0.5) is 15.3 Å². The Morgan fingerprint density at radius 1 is 0.949 bits per heavy atom. The fraction of sp³-hybridized carbons (Fsp3) is 0.429. The zero-order chi connectivity index (χ0) is 29.0. The van der Waals surface area contributed by atoms with Crippen molar-refractivity contribution in [3.8, 4) is 0 Å². The number of primary amides is 1. The number of aryl methyl sites for hydroxylation is 1. The number of hydrogen-bond acceptors (Lipinski definition) is 6. The molecule has 0 saturated carbocycles. The smallest absolute Gasteiger partial charge is 0.408 e. The summed E-state index contributed by atoms with van der Waals surface area (Å²) in [5.74, 6) is -1.05. The van der Waals surface area contributed by atoms with Gasteiger partial charge in [0.25, 0.3) is 0 Å². The lowest BCUT2D eigenvalue weighted by Crippen LogP contribution is -2.54. The van der Waals surface area contributed by atoms with Crippen molar-refractivity contribution in [1.29, 1.82) is 0 Å². The van der Waals surface area contributed by atoms with E-state index in [1.807, 2.05) is 31.2 Å². The highest BCUT2D eigenvalue weighted by Crippen LogP contribution is 2.13. The van der Waals surface area contributed by atoms with Crippen molar-refractivity contribution in [2.45, 2.75) is 71.2 Å². The number of carbonyl (C=O) groups is 4. The molecule has 0 bridgehead atoms. The summed E-state index contributed by atoms with van der Waals surface area (Å²) in [5, 5.41) is 19.8. The van der Waals surface area contributed by atoms with Crippen LogP contribution in [0.2, 0.25) is 0 Å². The van der Waals surface area contributed by atoms with E-state index in [1.54, 1.807) is 45.0 Å². The van der Waals surface area contributed by atoms with Gasteiger partial charge in [0, 0.05) is 18.7 Å². The van der Waals surface area contributed by atoms with E-state index in [0.717, 1.165) is 11.1 Å². The molecule has 0 aliphatic heterocycles. The molecule has 0 aliphatic carbocycles. The van der Waals surface area contributed by atoms with Gasteiger partial charge >= 0.3 is 12.1 Å². The van der Waals surface area contributed by atoms with Gasteiger partial charge in [-0.1, -0.05) is 42.0 Å². The number of amides is 5. The van der Waals surface area contributed by atoms with Crippen LogP contribution < -0.4 is 27.0 Å². The standard InChI is InChI=1S/C28H39N5O6/c1-18-7-5-8-20(15-18)16-23(33-27(38)39-28(2,3)4)25(36)32-22(9-6-14-30-26(29)37)24(35)31-21-12-10-19(17-34)11-13-21/h5,7-8,10-13,15,22-23,34H,6,9,14,16-17H2,1-4H3,(H,31,35)(H,32,36)(H,33,38)(H3,29,30,37)/t22-,23-/m0/s1. The molecular weight excluding hydrogens is 502 g/mol. The van der Waals surface area contributed by atoms with Gasteiger partial charge in [-0.15, -0.1) is 0 Å². The van der Waals surface area contributed by atoms with Crippen LogP contribution in [0.15, 0.2) is 48.5 Å². The van der Waals surface area contributed by atoms with Gasteiger partial charge < -0.3 is 36.8 Å². The lowest BCUT2D eigenvalue weighted by Gasteiger charge is -2.25. The van der Waals surface area contributed by atoms with Crippen LogP contribution in [0, 0.1) is 6.92 Å². The van der Waals surface area contributed by atoms with Gasteiger partial charge in [0.05, 0.1) is 6.61 Å². The van der Waals surface area contributed by atoms with Crippen LogP contribution >= 0.6 is 0 Å². The molecule has 2 rings (SSSR count). The Bertz CT molecular complexity index is 1130. The molecule has 0 aliphatic rings. The molecule has 7 N–H and O–H groups in total. The van der Waals surface area contributed by atoms with E-state index >= 15 is 0 Å². The Labute approximate surface area is 228 Å². The van der Waals surface area contributed by atoms with Crippen molar-refractivity contribution >= 4 is 29.6 Å². The third-order valence-electron chi connectivity index (χ3n) is 5.54. The monoisotopic (exact) mass is 541 g/mol. The number of ether oxygens (including phenoxy) is 1. The van der Waals surface area contributed by atoms with Gasteiger partial charge in [0.1, 0.15) is 17.7 Å². The number of carbonyl (C=O) groups excluding carboxylic acids is 4. The molecule has 39 heavy (non-hydrogen) atoms. The molecule has 11 nitrogen and oxygen atoms in total. The topological polar surface area (TPSA) is 172 Å². The van der Waals surface area contributed by atoms with E-state index in [2.05, 4.69) is 21.3 Å². The Kier molecular flexibility index (Phi) is 11.7. The van der Waals surface area contributed by atoms with Crippen LogP contribution in [0.1, 0.15) is 50.3 Å². The second-order valence-electron chi connectivity index (χ2n) is 10.2. The molecule has 0 aromatic heterocycles. The number of rotatable bonds is 12. The zero-order valence-corrected chi connectivity index (χ0v) is 22.9. The van der Waals surface area contributed by atoms with Crippen LogP contribution in [0.5, 0.6) is 0 Å². The normalized spacial score (nSPS) is 12.5. The lowest BCUT2D eigenvalue weighted by molar-refractivity contribution is -0.128. The summed E-state index contributed by atoms with van der Waals surface area (Å²) < 4.78 is 5.35. The summed E-state index contributed by atoms with van der Waals surface area (Å²) in [5.41, 5.74) is 7.33. The van der Waals surface area contributed by atoms with E-state index in [-0.39, 0.29) is 26.0 Å². The molecule has 0 unspecified atom stereocenters. The number of hydrogen-bond donors (Lipinski definition) is 6. The summed E-state index contributed by atoms with van der Waals surface area (Å²) in [6.07, 6.45) is -0.0402. The zero-order valence-electron chi connectivity index (χ0n) is 22.9. The summed E-state index contributed by atoms with van der Waals surface area (Å²) in [4.78, 5) is 50.2. The predicted octanol–water partition coefficient (Wildman–Crippen LogP) is 2.50. The molecule has 2 aromatic rings. The summed E-state index contributed by atoms with van der Waals surface area (Å²) in [7, 11) is 0. The summed E-state index contributed by atoms with van der Waals surface area (Å²) in [6, 6.07) is 11.5. The number of nitrogens with one attached hydrogen (secondary N) is 4. The molecule has 0 heterocycles. The van der Waals surface area contributed by atoms with E-state index in [4.69, 9.17) is 10.5 Å². The van der Waals surface area contributed by atoms with Gasteiger partial charge in [0.15, 0.2) is 0 Å². The van der Waals surface area contributed by atoms with Crippen molar-refractivity contribution in [3.05, 3.63) is 65.2 Å². The molecular formula is C28H39N5O6. The number of aliphatic hydroxyl groups excluding tert-OH is 1. The molecule has 2 aromatic carbocycles. The average Bonchev–Trinajstić information content (AvgIpc) is 2.84. The first-order valence-corrected chi connectivity index (χ1v) is 12.8. The third kappa shape index (κ3) is 11.9. The van der Waals surface area contributed by atoms with Crippen molar-refractivity contribution in [2.24, 2.45) is 5.73 Å². The Morgan fingerprint density at radius 3 is 2.23 bits per heavy atom. The summed E-state index contributed by atoms with van der Waals surface area (Å²) in [6.45, 7) is 7.16. The first kappa shape index (κ1) is 31.1. The van der Waals surface area contributed by atoms with Gasteiger partial charge in [-0.3, -0.25) is 9.59 Å². The third-order valence-corrected chi connectivity index (χ3v) is 5.54. The van der Waals surface area contributed by atoms with Crippen molar-refractivity contribution in [1.82, 2.24) is 16.0 Å². The van der Waals surface area contributed by atoms with Crippen molar-refractivity contribution in [2.75, 3.05) is 11.9 Å². The maximum atomic E-state index is 13.4. The number of urea groups is 1. The van der Waals surface area contributed by atoms with Gasteiger partial charge in [-0.2, -0.15) is 0 Å². The largest absolute Gasteiger partial charge is 0.444 e. The number of anilines is 1. The van der Waals surface area contributed by atoms with Crippen LogP contribution in [-0.4, -0.2) is 53.3 Å². The quantitative estimate of drug-likeness (QED) is 0.225. The average molecular weight is 542 g/mol. The van der Waals surface area contributed by atoms with Gasteiger partial charge in [0.2, 0.25) is 11.8 Å². The molecule has 5 amide bonds. The van der Waals surface area contributed by atoms with E-state index in [0.29, 0.717) is 17.7 Å².